The summed E-state index contributed by atoms with van der Waals surface area (Å²) in [4.78, 5) is 38.0. The van der Waals surface area contributed by atoms with Crippen LogP contribution in [0.3, 0.4) is 0 Å². The predicted octanol–water partition coefficient (Wildman–Crippen LogP) is 2.15. The van der Waals surface area contributed by atoms with Crippen LogP contribution in [-0.2, 0) is 16.1 Å². The van der Waals surface area contributed by atoms with Gasteiger partial charge in [0.15, 0.2) is 0 Å². The third-order valence-corrected chi connectivity index (χ3v) is 5.64. The smallest absolute Gasteiger partial charge is 0.345 e. The fraction of sp³-hybridized carbons (Fsp3) is 0.533. The minimum absolute atomic E-state index is 0.0290. The summed E-state index contributed by atoms with van der Waals surface area (Å²) >= 11 is 2.72. The fourth-order valence-electron chi connectivity index (χ4n) is 2.26. The molecular weight excluding hydrogens is 336 g/mol. The van der Waals surface area contributed by atoms with Crippen LogP contribution in [0, 0.1) is 0 Å². The average Bonchev–Trinajstić information content (AvgIpc) is 3.19. The summed E-state index contributed by atoms with van der Waals surface area (Å²) < 4.78 is 0. The number of aromatic carboxylic acids is 1. The van der Waals surface area contributed by atoms with Crippen molar-refractivity contribution in [1.29, 1.82) is 0 Å². The molecule has 2 heterocycles. The Morgan fingerprint density at radius 2 is 2.17 bits per heavy atom. The van der Waals surface area contributed by atoms with Crippen molar-refractivity contribution in [3.63, 3.8) is 0 Å². The van der Waals surface area contributed by atoms with Crippen LogP contribution in [0.4, 0.5) is 0 Å². The largest absolute Gasteiger partial charge is 0.477 e. The highest BCUT2D eigenvalue weighted by molar-refractivity contribution is 7.99. The molecule has 126 valence electrons. The van der Waals surface area contributed by atoms with Gasteiger partial charge in [-0.3, -0.25) is 9.59 Å². The van der Waals surface area contributed by atoms with E-state index in [1.54, 1.807) is 22.7 Å². The number of thiophene rings is 1. The van der Waals surface area contributed by atoms with Crippen LogP contribution >= 0.6 is 23.1 Å². The Hall–Kier alpha value is -1.54. The second-order valence-electron chi connectivity index (χ2n) is 5.27. The molecule has 0 saturated carbocycles. The van der Waals surface area contributed by atoms with Gasteiger partial charge in [0.05, 0.1) is 12.4 Å². The highest BCUT2D eigenvalue weighted by Gasteiger charge is 2.34. The lowest BCUT2D eigenvalue weighted by molar-refractivity contribution is -0.138. The topological polar surface area (TPSA) is 86.7 Å². The van der Waals surface area contributed by atoms with Gasteiger partial charge >= 0.3 is 5.97 Å². The normalized spacial score (nSPS) is 17.3. The van der Waals surface area contributed by atoms with Crippen LogP contribution < -0.4 is 5.32 Å². The first-order valence-corrected chi connectivity index (χ1v) is 9.47. The Morgan fingerprint density at radius 3 is 2.83 bits per heavy atom. The van der Waals surface area contributed by atoms with Gasteiger partial charge in [0.25, 0.3) is 0 Å². The van der Waals surface area contributed by atoms with Crippen LogP contribution in [-0.4, -0.2) is 45.5 Å². The van der Waals surface area contributed by atoms with Crippen LogP contribution in [0.2, 0.25) is 0 Å². The Labute approximate surface area is 143 Å². The van der Waals surface area contributed by atoms with Gasteiger partial charge in [-0.05, 0) is 18.6 Å². The van der Waals surface area contributed by atoms with E-state index in [0.717, 1.165) is 29.1 Å². The summed E-state index contributed by atoms with van der Waals surface area (Å²) in [5.74, 6) is 0.0518. The molecular formula is C15H20N2O4S2. The van der Waals surface area contributed by atoms with E-state index in [-0.39, 0.29) is 23.2 Å². The van der Waals surface area contributed by atoms with Crippen molar-refractivity contribution in [3.05, 3.63) is 21.9 Å². The van der Waals surface area contributed by atoms with Crippen molar-refractivity contribution in [2.24, 2.45) is 0 Å². The number of carboxylic acid groups (broad SMARTS) is 1. The third kappa shape index (κ3) is 4.71. The van der Waals surface area contributed by atoms with Crippen molar-refractivity contribution in [3.8, 4) is 0 Å². The molecule has 1 fully saturated rings. The van der Waals surface area contributed by atoms with Crippen LogP contribution in [0.1, 0.15) is 40.7 Å². The zero-order chi connectivity index (χ0) is 16.8. The Morgan fingerprint density at radius 1 is 1.39 bits per heavy atom. The number of nitrogens with zero attached hydrogens (tertiary/aromatic N) is 1. The molecule has 6 nitrogen and oxygen atoms in total. The number of hydrogen-bond acceptors (Lipinski definition) is 5. The van der Waals surface area contributed by atoms with E-state index in [0.29, 0.717) is 18.1 Å². The second kappa shape index (κ2) is 8.35. The van der Waals surface area contributed by atoms with E-state index in [1.165, 1.54) is 6.07 Å². The van der Waals surface area contributed by atoms with E-state index in [2.05, 4.69) is 5.32 Å². The van der Waals surface area contributed by atoms with Gasteiger partial charge in [-0.1, -0.05) is 13.3 Å². The second-order valence-corrected chi connectivity index (χ2v) is 7.44. The standard InChI is InChI=1S/C15H20N2O4S2/c1-2-3-4-13(18)17-9-22-8-11(17)14(19)16-7-10-5-6-12(23-10)15(20)21/h5-6,11H,2-4,7-9H2,1H3,(H,16,19)(H,20,21). The van der Waals surface area contributed by atoms with E-state index >= 15 is 0 Å². The molecule has 23 heavy (non-hydrogen) atoms. The van der Waals surface area contributed by atoms with Crippen LogP contribution in [0.5, 0.6) is 0 Å². The van der Waals surface area contributed by atoms with E-state index in [1.807, 2.05) is 6.92 Å². The molecule has 0 aromatic carbocycles. The van der Waals surface area contributed by atoms with Gasteiger partial charge in [0.2, 0.25) is 11.8 Å². The van der Waals surface area contributed by atoms with Crippen molar-refractivity contribution >= 4 is 40.9 Å². The van der Waals surface area contributed by atoms with Gasteiger partial charge < -0.3 is 15.3 Å². The Balaban J connectivity index is 1.88. The lowest BCUT2D eigenvalue weighted by Crippen LogP contribution is -2.46. The maximum atomic E-state index is 12.3. The first-order chi connectivity index (χ1) is 11.0. The molecule has 0 bridgehead atoms. The number of unbranched alkanes of at least 4 members (excludes halogenated alkanes) is 1. The number of amides is 2. The van der Waals surface area contributed by atoms with Crippen molar-refractivity contribution in [1.82, 2.24) is 10.2 Å². The molecule has 2 rings (SSSR count). The Bertz CT molecular complexity index is 588. The maximum Gasteiger partial charge on any atom is 0.345 e. The Kier molecular flexibility index (Phi) is 6.47. The molecule has 1 aliphatic heterocycles. The molecule has 2 N–H and O–H groups in total. The van der Waals surface area contributed by atoms with Crippen molar-refractivity contribution in [2.45, 2.75) is 38.8 Å². The minimum Gasteiger partial charge on any atom is -0.477 e. The number of hydrogen-bond donors (Lipinski definition) is 2. The molecule has 1 aliphatic rings. The summed E-state index contributed by atoms with van der Waals surface area (Å²) in [6.45, 7) is 2.32. The van der Waals surface area contributed by atoms with Crippen molar-refractivity contribution in [2.75, 3.05) is 11.6 Å². The highest BCUT2D eigenvalue weighted by atomic mass is 32.2. The number of carbonyl (C=O) groups excluding carboxylic acids is 2. The third-order valence-electron chi connectivity index (χ3n) is 3.56. The summed E-state index contributed by atoms with van der Waals surface area (Å²) in [6, 6.07) is 2.80. The number of carbonyl (C=O) groups is 3. The number of carboxylic acids is 1. The molecule has 0 spiro atoms. The van der Waals surface area contributed by atoms with Crippen LogP contribution in [0.15, 0.2) is 12.1 Å². The molecule has 1 unspecified atom stereocenters. The zero-order valence-electron chi connectivity index (χ0n) is 12.9. The minimum atomic E-state index is -0.965. The molecule has 1 aromatic heterocycles. The molecule has 1 atom stereocenters. The van der Waals surface area contributed by atoms with Gasteiger partial charge in [-0.2, -0.15) is 0 Å². The first kappa shape index (κ1) is 17.8. The van der Waals surface area contributed by atoms with Gasteiger partial charge in [-0.15, -0.1) is 23.1 Å². The highest BCUT2D eigenvalue weighted by Crippen LogP contribution is 2.23. The molecule has 2 amide bonds. The van der Waals surface area contributed by atoms with E-state index in [9.17, 15) is 14.4 Å². The number of rotatable bonds is 7. The van der Waals surface area contributed by atoms with Crippen LogP contribution in [0.25, 0.3) is 0 Å². The molecule has 1 aromatic rings. The van der Waals surface area contributed by atoms with Gasteiger partial charge in [0.1, 0.15) is 10.9 Å². The quantitative estimate of drug-likeness (QED) is 0.782. The van der Waals surface area contributed by atoms with Gasteiger partial charge in [0, 0.05) is 17.1 Å². The number of nitrogens with one attached hydrogen (secondary N) is 1. The molecule has 0 radical (unpaired) electrons. The fourth-order valence-corrected chi connectivity index (χ4v) is 4.22. The maximum absolute atomic E-state index is 12.3. The van der Waals surface area contributed by atoms with E-state index in [4.69, 9.17) is 5.11 Å². The molecule has 0 aliphatic carbocycles. The van der Waals surface area contributed by atoms with Gasteiger partial charge in [-0.25, -0.2) is 4.79 Å². The average molecular weight is 356 g/mol. The van der Waals surface area contributed by atoms with Crippen molar-refractivity contribution < 1.29 is 19.5 Å². The molecule has 1 saturated heterocycles. The first-order valence-electron chi connectivity index (χ1n) is 7.49. The van der Waals surface area contributed by atoms with E-state index < -0.39 is 12.0 Å². The summed E-state index contributed by atoms with van der Waals surface area (Å²) in [5, 5.41) is 11.7. The zero-order valence-corrected chi connectivity index (χ0v) is 14.5. The predicted molar refractivity (Wildman–Crippen MR) is 90.6 cm³/mol. The number of thioether (sulfide) groups is 1. The lowest BCUT2D eigenvalue weighted by Gasteiger charge is -2.23. The molecule has 8 heteroatoms. The summed E-state index contributed by atoms with van der Waals surface area (Å²) in [5.41, 5.74) is 0. The summed E-state index contributed by atoms with van der Waals surface area (Å²) in [6.07, 6.45) is 2.27. The summed E-state index contributed by atoms with van der Waals surface area (Å²) in [7, 11) is 0. The monoisotopic (exact) mass is 356 g/mol. The lowest BCUT2D eigenvalue weighted by atomic mass is 10.2. The SMILES string of the molecule is CCCCC(=O)N1CSCC1C(=O)NCc1ccc(C(=O)O)s1.